The Balaban J connectivity index is 1.88. The van der Waals surface area contributed by atoms with Crippen molar-refractivity contribution in [2.45, 2.75) is 19.8 Å². The number of ether oxygens (including phenoxy) is 1. The summed E-state index contributed by atoms with van der Waals surface area (Å²) >= 11 is 1.40. The van der Waals surface area contributed by atoms with Crippen molar-refractivity contribution in [3.8, 4) is 16.2 Å². The van der Waals surface area contributed by atoms with Gasteiger partial charge in [0.05, 0.1) is 12.5 Å². The van der Waals surface area contributed by atoms with E-state index in [1.165, 1.54) is 11.3 Å². The van der Waals surface area contributed by atoms with Gasteiger partial charge in [0, 0.05) is 18.0 Å². The molecule has 1 aromatic carbocycles. The first-order chi connectivity index (χ1) is 12.1. The number of aliphatic carboxylic acids is 1. The van der Waals surface area contributed by atoms with Crippen LogP contribution >= 0.6 is 11.3 Å². The van der Waals surface area contributed by atoms with Crippen molar-refractivity contribution in [2.24, 2.45) is 5.92 Å². The van der Waals surface area contributed by atoms with E-state index in [0.29, 0.717) is 36.6 Å². The van der Waals surface area contributed by atoms with Crippen molar-refractivity contribution in [1.29, 1.82) is 0 Å². The Morgan fingerprint density at radius 3 is 2.76 bits per heavy atom. The minimum absolute atomic E-state index is 0.137. The van der Waals surface area contributed by atoms with E-state index in [1.807, 2.05) is 43.3 Å². The van der Waals surface area contributed by atoms with E-state index >= 15 is 0 Å². The van der Waals surface area contributed by atoms with Gasteiger partial charge in [0.25, 0.3) is 5.91 Å². The summed E-state index contributed by atoms with van der Waals surface area (Å²) in [5.41, 5.74) is 1.04. The van der Waals surface area contributed by atoms with Gasteiger partial charge in [0.1, 0.15) is 10.6 Å². The molecular formula is C19H21NO4S. The monoisotopic (exact) mass is 359 g/mol. The van der Waals surface area contributed by atoms with Crippen LogP contribution in [0.4, 0.5) is 0 Å². The zero-order valence-corrected chi connectivity index (χ0v) is 14.9. The van der Waals surface area contributed by atoms with Crippen LogP contribution in [-0.2, 0) is 4.79 Å². The van der Waals surface area contributed by atoms with Gasteiger partial charge < -0.3 is 14.7 Å². The molecule has 1 aromatic heterocycles. The summed E-state index contributed by atoms with van der Waals surface area (Å²) in [6.45, 7) is 3.21. The third-order valence-corrected chi connectivity index (χ3v) is 5.46. The molecule has 2 aromatic rings. The molecule has 1 saturated heterocycles. The molecule has 1 unspecified atom stereocenters. The maximum absolute atomic E-state index is 13.0. The molecule has 1 N–H and O–H groups in total. The van der Waals surface area contributed by atoms with Crippen LogP contribution < -0.4 is 4.74 Å². The molecule has 2 heterocycles. The molecule has 3 rings (SSSR count). The van der Waals surface area contributed by atoms with Gasteiger partial charge in [-0.05, 0) is 31.4 Å². The minimum atomic E-state index is -0.835. The van der Waals surface area contributed by atoms with Crippen LogP contribution in [0.15, 0.2) is 36.4 Å². The highest BCUT2D eigenvalue weighted by Gasteiger charge is 2.31. The Morgan fingerprint density at radius 1 is 1.32 bits per heavy atom. The fraction of sp³-hybridized carbons (Fsp3) is 0.368. The van der Waals surface area contributed by atoms with Gasteiger partial charge in [-0.1, -0.05) is 30.3 Å². The molecule has 1 aliphatic rings. The third kappa shape index (κ3) is 3.85. The lowest BCUT2D eigenvalue weighted by molar-refractivity contribution is -0.143. The summed E-state index contributed by atoms with van der Waals surface area (Å²) in [6, 6.07) is 11.8. The van der Waals surface area contributed by atoms with Crippen LogP contribution in [0.2, 0.25) is 0 Å². The van der Waals surface area contributed by atoms with Gasteiger partial charge in [-0.15, -0.1) is 11.3 Å². The number of carboxylic acids is 1. The van der Waals surface area contributed by atoms with E-state index in [-0.39, 0.29) is 12.5 Å². The summed E-state index contributed by atoms with van der Waals surface area (Å²) in [5, 5.41) is 9.24. The van der Waals surface area contributed by atoms with Gasteiger partial charge in [-0.25, -0.2) is 0 Å². The summed E-state index contributed by atoms with van der Waals surface area (Å²) in [7, 11) is 0. The van der Waals surface area contributed by atoms with Crippen LogP contribution in [0, 0.1) is 5.92 Å². The van der Waals surface area contributed by atoms with Gasteiger partial charge in [0.2, 0.25) is 0 Å². The van der Waals surface area contributed by atoms with Crippen molar-refractivity contribution in [3.05, 3.63) is 41.3 Å². The maximum atomic E-state index is 13.0. The van der Waals surface area contributed by atoms with Crippen molar-refractivity contribution < 1.29 is 19.4 Å². The predicted octanol–water partition coefficient (Wildman–Crippen LogP) is 3.75. The number of hydrogen-bond donors (Lipinski definition) is 1. The van der Waals surface area contributed by atoms with Crippen LogP contribution in [0.25, 0.3) is 10.4 Å². The highest BCUT2D eigenvalue weighted by atomic mass is 32.1. The number of carbonyl (C=O) groups is 2. The van der Waals surface area contributed by atoms with Crippen LogP contribution in [0.3, 0.4) is 0 Å². The molecule has 25 heavy (non-hydrogen) atoms. The Hall–Kier alpha value is -2.34. The Labute approximate surface area is 150 Å². The number of benzene rings is 1. The molecule has 0 aliphatic carbocycles. The van der Waals surface area contributed by atoms with Crippen molar-refractivity contribution >= 4 is 23.2 Å². The molecule has 1 fully saturated rings. The van der Waals surface area contributed by atoms with E-state index in [4.69, 9.17) is 4.74 Å². The summed E-state index contributed by atoms with van der Waals surface area (Å²) in [6.07, 6.45) is 1.33. The van der Waals surface area contributed by atoms with Crippen LogP contribution in [-0.4, -0.2) is 41.6 Å². The number of nitrogens with zero attached hydrogens (tertiary/aromatic N) is 1. The highest BCUT2D eigenvalue weighted by molar-refractivity contribution is 7.17. The molecule has 0 saturated carbocycles. The molecule has 1 aliphatic heterocycles. The van der Waals surface area contributed by atoms with E-state index in [0.717, 1.165) is 10.4 Å². The van der Waals surface area contributed by atoms with Crippen molar-refractivity contribution in [1.82, 2.24) is 4.90 Å². The van der Waals surface area contributed by atoms with Gasteiger partial charge in [-0.2, -0.15) is 0 Å². The highest BCUT2D eigenvalue weighted by Crippen LogP contribution is 2.37. The SMILES string of the molecule is CCOc1cc(-c2ccccc2)sc1C(=O)N1CCCC(C(=O)O)C1. The van der Waals surface area contributed by atoms with Gasteiger partial charge >= 0.3 is 5.97 Å². The molecule has 1 amide bonds. The molecule has 6 heteroatoms. The van der Waals surface area contributed by atoms with E-state index in [1.54, 1.807) is 4.90 Å². The lowest BCUT2D eigenvalue weighted by atomic mass is 9.98. The second kappa shape index (κ2) is 7.70. The Kier molecular flexibility index (Phi) is 5.38. The normalized spacial score (nSPS) is 17.3. The van der Waals surface area contributed by atoms with Gasteiger partial charge in [0.15, 0.2) is 0 Å². The zero-order valence-electron chi connectivity index (χ0n) is 14.1. The molecular weight excluding hydrogens is 338 g/mol. The number of rotatable bonds is 5. The second-order valence-electron chi connectivity index (χ2n) is 6.03. The fourth-order valence-electron chi connectivity index (χ4n) is 3.04. The first-order valence-electron chi connectivity index (χ1n) is 8.44. The molecule has 5 nitrogen and oxygen atoms in total. The Bertz CT molecular complexity index is 756. The van der Waals surface area contributed by atoms with E-state index < -0.39 is 11.9 Å². The van der Waals surface area contributed by atoms with Crippen LogP contribution in [0.5, 0.6) is 5.75 Å². The van der Waals surface area contributed by atoms with Gasteiger partial charge in [-0.3, -0.25) is 9.59 Å². The van der Waals surface area contributed by atoms with E-state index in [2.05, 4.69) is 0 Å². The summed E-state index contributed by atoms with van der Waals surface area (Å²) in [4.78, 5) is 27.4. The Morgan fingerprint density at radius 2 is 2.08 bits per heavy atom. The number of hydrogen-bond acceptors (Lipinski definition) is 4. The van der Waals surface area contributed by atoms with E-state index in [9.17, 15) is 14.7 Å². The van der Waals surface area contributed by atoms with Crippen LogP contribution in [0.1, 0.15) is 29.4 Å². The average Bonchev–Trinajstić information content (AvgIpc) is 3.06. The second-order valence-corrected chi connectivity index (χ2v) is 7.08. The molecule has 0 radical (unpaired) electrons. The molecule has 132 valence electrons. The lowest BCUT2D eigenvalue weighted by Gasteiger charge is -2.30. The summed E-state index contributed by atoms with van der Waals surface area (Å²) in [5.74, 6) is -0.879. The number of carboxylic acid groups (broad SMARTS) is 1. The quantitative estimate of drug-likeness (QED) is 0.883. The first-order valence-corrected chi connectivity index (χ1v) is 9.26. The number of piperidine rings is 1. The summed E-state index contributed by atoms with van der Waals surface area (Å²) < 4.78 is 5.67. The maximum Gasteiger partial charge on any atom is 0.308 e. The van der Waals surface area contributed by atoms with Crippen molar-refractivity contribution in [2.75, 3.05) is 19.7 Å². The molecule has 0 spiro atoms. The number of likely N-dealkylation sites (tertiary alicyclic amines) is 1. The number of carbonyl (C=O) groups excluding carboxylic acids is 1. The average molecular weight is 359 g/mol. The lowest BCUT2D eigenvalue weighted by Crippen LogP contribution is -2.42. The standard InChI is InChI=1S/C19H21NO4S/c1-2-24-15-11-16(13-7-4-3-5-8-13)25-17(15)18(21)20-10-6-9-14(12-20)19(22)23/h3-5,7-8,11,14H,2,6,9-10,12H2,1H3,(H,22,23). The molecule has 0 bridgehead atoms. The minimum Gasteiger partial charge on any atom is -0.492 e. The van der Waals surface area contributed by atoms with Crippen molar-refractivity contribution in [3.63, 3.8) is 0 Å². The third-order valence-electron chi connectivity index (χ3n) is 4.31. The fourth-order valence-corrected chi connectivity index (χ4v) is 4.11. The predicted molar refractivity (Wildman–Crippen MR) is 97.2 cm³/mol. The smallest absolute Gasteiger partial charge is 0.308 e. The first kappa shape index (κ1) is 17.5. The topological polar surface area (TPSA) is 66.8 Å². The number of thiophene rings is 1. The largest absolute Gasteiger partial charge is 0.492 e. The zero-order chi connectivity index (χ0) is 17.8. The number of amides is 1. The molecule has 1 atom stereocenters.